The van der Waals surface area contributed by atoms with Crippen LogP contribution in [0.15, 0.2) is 61.1 Å². The number of pyridine rings is 1. The molecule has 2 fully saturated rings. The number of aromatic nitrogens is 4. The predicted molar refractivity (Wildman–Crippen MR) is 138 cm³/mol. The molecule has 1 saturated carbocycles. The minimum Gasteiger partial charge on any atom is -0.334 e. The van der Waals surface area contributed by atoms with Gasteiger partial charge in [-0.1, -0.05) is 53.2 Å². The molecule has 1 saturated heterocycles. The summed E-state index contributed by atoms with van der Waals surface area (Å²) in [6, 6.07) is 12.0. The molecule has 2 aromatic carbocycles. The Hall–Kier alpha value is -3.92. The molecular formula is C27H23ClF2N6O2. The molecule has 0 spiro atoms. The maximum Gasteiger partial charge on any atom is 0.329 e. The molecular weight excluding hydrogens is 514 g/mol. The minimum atomic E-state index is -2.55. The largest absolute Gasteiger partial charge is 0.334 e. The zero-order valence-electron chi connectivity index (χ0n) is 20.1. The Kier molecular flexibility index (Phi) is 6.27. The summed E-state index contributed by atoms with van der Waals surface area (Å²) >= 11 is 6.65. The number of rotatable bonds is 5. The van der Waals surface area contributed by atoms with E-state index in [1.165, 1.54) is 11.1 Å². The van der Waals surface area contributed by atoms with Gasteiger partial charge in [0.2, 0.25) is 5.91 Å². The number of nitrogens with one attached hydrogen (secondary N) is 1. The van der Waals surface area contributed by atoms with Crippen LogP contribution in [0.4, 0.5) is 19.3 Å². The summed E-state index contributed by atoms with van der Waals surface area (Å²) < 4.78 is 26.8. The maximum absolute atomic E-state index is 13.6. The lowest BCUT2D eigenvalue weighted by Crippen LogP contribution is -2.61. The first kappa shape index (κ1) is 24.4. The molecule has 3 unspecified atom stereocenters. The Morgan fingerprint density at radius 3 is 2.76 bits per heavy atom. The summed E-state index contributed by atoms with van der Waals surface area (Å²) in [7, 11) is 0. The first-order valence-corrected chi connectivity index (χ1v) is 12.7. The number of carbonyl (C=O) groups is 2. The summed E-state index contributed by atoms with van der Waals surface area (Å²) in [4.78, 5) is 32.3. The third-order valence-corrected chi connectivity index (χ3v) is 7.72. The molecule has 1 N–H and O–H groups in total. The highest BCUT2D eigenvalue weighted by Gasteiger charge is 2.46. The highest BCUT2D eigenvalue weighted by molar-refractivity contribution is 6.31. The smallest absolute Gasteiger partial charge is 0.329 e. The van der Waals surface area contributed by atoms with Crippen molar-refractivity contribution in [1.82, 2.24) is 25.3 Å². The molecule has 11 heteroatoms. The molecule has 6 rings (SSSR count). The number of benzene rings is 2. The summed E-state index contributed by atoms with van der Waals surface area (Å²) in [5, 5.41) is 13.1. The Morgan fingerprint density at radius 2 is 1.92 bits per heavy atom. The first-order chi connectivity index (χ1) is 18.4. The number of amides is 3. The van der Waals surface area contributed by atoms with Crippen LogP contribution >= 0.6 is 11.6 Å². The van der Waals surface area contributed by atoms with Gasteiger partial charge in [-0.15, -0.1) is 5.10 Å². The normalized spacial score (nSPS) is 21.6. The van der Waals surface area contributed by atoms with E-state index in [-0.39, 0.29) is 23.8 Å². The summed E-state index contributed by atoms with van der Waals surface area (Å²) in [6.45, 7) is -0.549. The summed E-state index contributed by atoms with van der Waals surface area (Å²) in [5.74, 6) is -0.704. The van der Waals surface area contributed by atoms with E-state index < -0.39 is 19.0 Å². The number of carbonyl (C=O) groups excluding carboxylic acids is 2. The van der Waals surface area contributed by atoms with Crippen molar-refractivity contribution in [2.24, 2.45) is 5.92 Å². The van der Waals surface area contributed by atoms with E-state index in [1.807, 2.05) is 30.3 Å². The van der Waals surface area contributed by atoms with Crippen LogP contribution in [0.1, 0.15) is 30.7 Å². The molecule has 3 heterocycles. The van der Waals surface area contributed by atoms with Crippen molar-refractivity contribution in [3.8, 4) is 11.3 Å². The fourth-order valence-corrected chi connectivity index (χ4v) is 6.04. The number of anilines is 1. The SMILES string of the molecule is O=C1NC2CC(c3c(Cl)cccc3-c3cn(CC(F)F)nn3)CCC2C(=O)N1c1cncc2ccccc12. The standard InChI is InChI=1S/C27H23ClF2N6O2/c28-20-7-3-6-18(22-13-35(34-33-22)14-24(29)30)25(20)15-8-9-19-21(10-15)32-27(38)36(26(19)37)23-12-31-11-16-4-1-2-5-17(16)23/h1-7,11-13,15,19,21,24H,8-10,14H2,(H,32,38). The molecule has 3 atom stereocenters. The number of urea groups is 1. The van der Waals surface area contributed by atoms with Gasteiger partial charge in [-0.2, -0.15) is 0 Å². The predicted octanol–water partition coefficient (Wildman–Crippen LogP) is 5.42. The topological polar surface area (TPSA) is 93.0 Å². The molecule has 2 aliphatic rings. The second-order valence-corrected chi connectivity index (χ2v) is 10.1. The summed E-state index contributed by atoms with van der Waals surface area (Å²) in [5.41, 5.74) is 2.44. The first-order valence-electron chi connectivity index (χ1n) is 12.3. The van der Waals surface area contributed by atoms with Gasteiger partial charge in [0.25, 0.3) is 6.43 Å². The average molecular weight is 537 g/mol. The fourth-order valence-electron chi connectivity index (χ4n) is 5.71. The van der Waals surface area contributed by atoms with Crippen LogP contribution in [0.3, 0.4) is 0 Å². The van der Waals surface area contributed by atoms with Crippen LogP contribution in [0.25, 0.3) is 22.0 Å². The van der Waals surface area contributed by atoms with E-state index in [0.29, 0.717) is 41.2 Å². The van der Waals surface area contributed by atoms with Crippen molar-refractivity contribution >= 4 is 40.0 Å². The number of hydrogen-bond acceptors (Lipinski definition) is 5. The second kappa shape index (κ2) is 9.75. The van der Waals surface area contributed by atoms with Crippen molar-refractivity contribution in [1.29, 1.82) is 0 Å². The van der Waals surface area contributed by atoms with Crippen molar-refractivity contribution < 1.29 is 18.4 Å². The molecule has 0 radical (unpaired) electrons. The number of nitrogens with zero attached hydrogens (tertiary/aromatic N) is 5. The molecule has 38 heavy (non-hydrogen) atoms. The lowest BCUT2D eigenvalue weighted by molar-refractivity contribution is -0.124. The molecule has 3 amide bonds. The van der Waals surface area contributed by atoms with Crippen molar-refractivity contribution in [3.05, 3.63) is 71.6 Å². The Labute approximate surface area is 221 Å². The van der Waals surface area contributed by atoms with E-state index in [4.69, 9.17) is 11.6 Å². The molecule has 194 valence electrons. The molecule has 0 bridgehead atoms. The van der Waals surface area contributed by atoms with Crippen molar-refractivity contribution in [2.45, 2.75) is 44.2 Å². The highest BCUT2D eigenvalue weighted by atomic mass is 35.5. The van der Waals surface area contributed by atoms with Gasteiger partial charge in [0.1, 0.15) is 12.2 Å². The Bertz CT molecular complexity index is 1540. The van der Waals surface area contributed by atoms with Crippen LogP contribution in [0, 0.1) is 5.92 Å². The number of imide groups is 1. The van der Waals surface area contributed by atoms with E-state index in [2.05, 4.69) is 20.6 Å². The minimum absolute atomic E-state index is 0.0703. The monoisotopic (exact) mass is 536 g/mol. The van der Waals surface area contributed by atoms with Gasteiger partial charge in [-0.3, -0.25) is 9.78 Å². The Balaban J connectivity index is 1.28. The second-order valence-electron chi connectivity index (χ2n) is 9.64. The van der Waals surface area contributed by atoms with Crippen LogP contribution in [0.2, 0.25) is 5.02 Å². The molecule has 2 aromatic heterocycles. The van der Waals surface area contributed by atoms with Gasteiger partial charge < -0.3 is 5.32 Å². The molecule has 8 nitrogen and oxygen atoms in total. The van der Waals surface area contributed by atoms with E-state index >= 15 is 0 Å². The van der Waals surface area contributed by atoms with Gasteiger partial charge in [0.05, 0.1) is 24.0 Å². The van der Waals surface area contributed by atoms with Gasteiger partial charge in [0, 0.05) is 33.6 Å². The van der Waals surface area contributed by atoms with Gasteiger partial charge >= 0.3 is 6.03 Å². The fraction of sp³-hybridized carbons (Fsp3) is 0.296. The number of alkyl halides is 2. The van der Waals surface area contributed by atoms with Crippen molar-refractivity contribution in [3.63, 3.8) is 0 Å². The van der Waals surface area contributed by atoms with Crippen LogP contribution in [-0.4, -0.2) is 44.4 Å². The maximum atomic E-state index is 13.6. The zero-order valence-corrected chi connectivity index (χ0v) is 20.9. The third kappa shape index (κ3) is 4.28. The average Bonchev–Trinajstić information content (AvgIpc) is 3.36. The zero-order chi connectivity index (χ0) is 26.4. The van der Waals surface area contributed by atoms with Crippen molar-refractivity contribution in [2.75, 3.05) is 4.90 Å². The van der Waals surface area contributed by atoms with E-state index in [0.717, 1.165) is 21.0 Å². The van der Waals surface area contributed by atoms with Crippen LogP contribution in [-0.2, 0) is 11.3 Å². The molecule has 1 aliphatic carbocycles. The highest BCUT2D eigenvalue weighted by Crippen LogP contribution is 2.45. The van der Waals surface area contributed by atoms with Crippen LogP contribution < -0.4 is 10.2 Å². The number of fused-ring (bicyclic) bond motifs is 2. The third-order valence-electron chi connectivity index (χ3n) is 7.39. The molecule has 4 aromatic rings. The lowest BCUT2D eigenvalue weighted by Gasteiger charge is -2.42. The number of hydrogen-bond donors (Lipinski definition) is 1. The number of halogens is 3. The quantitative estimate of drug-likeness (QED) is 0.367. The van der Waals surface area contributed by atoms with E-state index in [9.17, 15) is 18.4 Å². The van der Waals surface area contributed by atoms with E-state index in [1.54, 1.807) is 24.5 Å². The molecule has 1 aliphatic heterocycles. The van der Waals surface area contributed by atoms with Gasteiger partial charge in [-0.05, 0) is 36.8 Å². The summed E-state index contributed by atoms with van der Waals surface area (Å²) in [6.07, 6.45) is 3.89. The Morgan fingerprint density at radius 1 is 1.08 bits per heavy atom. The van der Waals surface area contributed by atoms with Gasteiger partial charge in [0.15, 0.2) is 0 Å². The van der Waals surface area contributed by atoms with Gasteiger partial charge in [-0.25, -0.2) is 23.2 Å². The van der Waals surface area contributed by atoms with Crippen LogP contribution in [0.5, 0.6) is 0 Å². The lowest BCUT2D eigenvalue weighted by atomic mass is 9.73.